The molecule has 3 heteroatoms. The monoisotopic (exact) mass is 243 g/mol. The molecule has 2 nitrogen and oxygen atoms in total. The van der Waals surface area contributed by atoms with Crippen molar-refractivity contribution < 1.29 is 4.74 Å². The summed E-state index contributed by atoms with van der Waals surface area (Å²) in [5.74, 6) is 0. The zero-order chi connectivity index (χ0) is 11.5. The molecule has 1 aromatic carbocycles. The predicted molar refractivity (Wildman–Crippen MR) is 71.0 cm³/mol. The van der Waals surface area contributed by atoms with Crippen LogP contribution in [0.25, 0.3) is 16.6 Å². The Morgan fingerprint density at radius 1 is 1.24 bits per heavy atom. The summed E-state index contributed by atoms with van der Waals surface area (Å²) in [7, 11) is 0. The van der Waals surface area contributed by atoms with Crippen LogP contribution in [0.2, 0.25) is 0 Å². The maximum Gasteiger partial charge on any atom is 0.123 e. The number of nitrogens with zero attached hydrogens (tertiary/aromatic N) is 1. The zero-order valence-electron chi connectivity index (χ0n) is 9.43. The minimum absolute atomic E-state index is 0.786. The van der Waals surface area contributed by atoms with Crippen molar-refractivity contribution in [1.29, 1.82) is 0 Å². The first-order chi connectivity index (χ1) is 8.42. The van der Waals surface area contributed by atoms with Crippen LogP contribution in [0.3, 0.4) is 0 Å². The van der Waals surface area contributed by atoms with E-state index in [1.165, 1.54) is 16.7 Å². The molecular weight excluding hydrogens is 230 g/mol. The second-order valence-corrected chi connectivity index (χ2v) is 4.96. The number of hydrogen-bond donors (Lipinski definition) is 0. The average Bonchev–Trinajstić information content (AvgIpc) is 3.01. The number of hydrogen-bond acceptors (Lipinski definition) is 3. The molecular formula is C14H13NOS. The molecule has 0 amide bonds. The first-order valence-electron chi connectivity index (χ1n) is 5.69. The van der Waals surface area contributed by atoms with Gasteiger partial charge in [0.25, 0.3) is 0 Å². The van der Waals surface area contributed by atoms with Crippen LogP contribution in [0.5, 0.6) is 0 Å². The second kappa shape index (κ2) is 4.82. The minimum atomic E-state index is 0.786. The van der Waals surface area contributed by atoms with Crippen molar-refractivity contribution in [3.63, 3.8) is 0 Å². The van der Waals surface area contributed by atoms with E-state index in [9.17, 15) is 0 Å². The first kappa shape index (κ1) is 10.7. The molecule has 1 saturated heterocycles. The van der Waals surface area contributed by atoms with E-state index in [1.807, 2.05) is 11.6 Å². The molecule has 0 atom stereocenters. The Labute approximate surface area is 105 Å². The minimum Gasteiger partial charge on any atom is -0.377 e. The molecule has 1 aromatic heterocycles. The fourth-order valence-corrected chi connectivity index (χ4v) is 2.56. The van der Waals surface area contributed by atoms with E-state index in [1.54, 1.807) is 11.3 Å². The van der Waals surface area contributed by atoms with Crippen molar-refractivity contribution >= 4 is 17.4 Å². The molecule has 3 rings (SSSR count). The predicted octanol–water partition coefficient (Wildman–Crippen LogP) is 3.61. The Morgan fingerprint density at radius 2 is 2.12 bits per heavy atom. The topological polar surface area (TPSA) is 22.1 Å². The molecule has 0 aliphatic carbocycles. The first-order valence-corrected chi connectivity index (χ1v) is 6.57. The lowest BCUT2D eigenvalue weighted by Crippen LogP contribution is -1.82. The lowest BCUT2D eigenvalue weighted by atomic mass is 10.1. The third-order valence-corrected chi connectivity index (χ3v) is 3.64. The maximum absolute atomic E-state index is 5.34. The van der Waals surface area contributed by atoms with Crippen LogP contribution in [-0.2, 0) is 4.74 Å². The van der Waals surface area contributed by atoms with Gasteiger partial charge in [0.1, 0.15) is 5.01 Å². The van der Waals surface area contributed by atoms with Crippen molar-refractivity contribution in [3.8, 4) is 10.6 Å². The van der Waals surface area contributed by atoms with Gasteiger partial charge in [-0.3, -0.25) is 0 Å². The van der Waals surface area contributed by atoms with Crippen molar-refractivity contribution in [1.82, 2.24) is 4.98 Å². The van der Waals surface area contributed by atoms with Crippen molar-refractivity contribution in [2.24, 2.45) is 0 Å². The second-order valence-electron chi connectivity index (χ2n) is 4.06. The molecule has 17 heavy (non-hydrogen) atoms. The number of benzene rings is 1. The van der Waals surface area contributed by atoms with Gasteiger partial charge < -0.3 is 4.74 Å². The van der Waals surface area contributed by atoms with E-state index < -0.39 is 0 Å². The highest BCUT2D eigenvalue weighted by Crippen LogP contribution is 2.23. The van der Waals surface area contributed by atoms with Gasteiger partial charge in [0.05, 0.1) is 13.2 Å². The highest BCUT2D eigenvalue weighted by atomic mass is 32.1. The summed E-state index contributed by atoms with van der Waals surface area (Å²) in [5.41, 5.74) is 3.81. The van der Waals surface area contributed by atoms with Gasteiger partial charge >= 0.3 is 0 Å². The van der Waals surface area contributed by atoms with E-state index in [0.29, 0.717) is 0 Å². The molecule has 0 spiro atoms. The molecule has 1 fully saturated rings. The summed E-state index contributed by atoms with van der Waals surface area (Å²) in [6.07, 6.45) is 5.12. The molecule has 0 N–H and O–H groups in total. The Balaban J connectivity index is 1.83. The van der Waals surface area contributed by atoms with Crippen LogP contribution < -0.4 is 0 Å². The SMILES string of the molecule is C(=C1\CCOC1)/c1ccc(-c2nccs2)cc1. The third kappa shape index (κ3) is 2.46. The van der Waals surface area contributed by atoms with Crippen LogP contribution in [-0.4, -0.2) is 18.2 Å². The third-order valence-electron chi connectivity index (χ3n) is 2.82. The zero-order valence-corrected chi connectivity index (χ0v) is 10.2. The van der Waals surface area contributed by atoms with Crippen LogP contribution in [0.1, 0.15) is 12.0 Å². The van der Waals surface area contributed by atoms with Gasteiger partial charge in [0.15, 0.2) is 0 Å². The fraction of sp³-hybridized carbons (Fsp3) is 0.214. The van der Waals surface area contributed by atoms with Crippen molar-refractivity contribution in [2.75, 3.05) is 13.2 Å². The highest BCUT2D eigenvalue weighted by molar-refractivity contribution is 7.13. The quantitative estimate of drug-likeness (QED) is 0.803. The molecule has 0 radical (unpaired) electrons. The number of rotatable bonds is 2. The molecule has 2 heterocycles. The number of ether oxygens (including phenoxy) is 1. The molecule has 2 aromatic rings. The summed E-state index contributed by atoms with van der Waals surface area (Å²) in [4.78, 5) is 4.30. The molecule has 86 valence electrons. The lowest BCUT2D eigenvalue weighted by molar-refractivity contribution is 0.205. The van der Waals surface area contributed by atoms with Gasteiger partial charge in [-0.15, -0.1) is 11.3 Å². The summed E-state index contributed by atoms with van der Waals surface area (Å²) in [6, 6.07) is 8.53. The van der Waals surface area contributed by atoms with Crippen molar-refractivity contribution in [2.45, 2.75) is 6.42 Å². The molecule has 1 aliphatic heterocycles. The molecule has 0 bridgehead atoms. The largest absolute Gasteiger partial charge is 0.377 e. The summed E-state index contributed by atoms with van der Waals surface area (Å²) in [5, 5.41) is 3.08. The Bertz CT molecular complexity index is 506. The van der Waals surface area contributed by atoms with E-state index in [0.717, 1.165) is 24.6 Å². The van der Waals surface area contributed by atoms with Gasteiger partial charge in [0.2, 0.25) is 0 Å². The Morgan fingerprint density at radius 3 is 2.76 bits per heavy atom. The standard InChI is InChI=1S/C14H13NOS/c1-3-13(14-15-6-8-17-14)4-2-11(1)9-12-5-7-16-10-12/h1-4,6,8-9H,5,7,10H2/b12-9-. The van der Waals surface area contributed by atoms with Crippen LogP contribution in [0, 0.1) is 0 Å². The van der Waals surface area contributed by atoms with E-state index in [2.05, 4.69) is 35.3 Å². The molecule has 0 unspecified atom stereocenters. The van der Waals surface area contributed by atoms with Gasteiger partial charge in [0, 0.05) is 17.1 Å². The fourth-order valence-electron chi connectivity index (χ4n) is 1.92. The van der Waals surface area contributed by atoms with E-state index in [4.69, 9.17) is 4.74 Å². The smallest absolute Gasteiger partial charge is 0.123 e. The van der Waals surface area contributed by atoms with Gasteiger partial charge in [-0.2, -0.15) is 0 Å². The molecule has 1 aliphatic rings. The van der Waals surface area contributed by atoms with Crippen LogP contribution in [0.15, 0.2) is 41.4 Å². The maximum atomic E-state index is 5.34. The van der Waals surface area contributed by atoms with Gasteiger partial charge in [-0.1, -0.05) is 30.3 Å². The average molecular weight is 243 g/mol. The Kier molecular flexibility index (Phi) is 3.03. The van der Waals surface area contributed by atoms with Crippen LogP contribution >= 0.6 is 11.3 Å². The number of thiazole rings is 1. The van der Waals surface area contributed by atoms with Crippen molar-refractivity contribution in [3.05, 3.63) is 47.0 Å². The Hall–Kier alpha value is -1.45. The summed E-state index contributed by atoms with van der Waals surface area (Å²) < 4.78 is 5.34. The summed E-state index contributed by atoms with van der Waals surface area (Å²) in [6.45, 7) is 1.65. The van der Waals surface area contributed by atoms with Gasteiger partial charge in [-0.05, 0) is 17.6 Å². The summed E-state index contributed by atoms with van der Waals surface area (Å²) >= 11 is 1.67. The lowest BCUT2D eigenvalue weighted by Gasteiger charge is -1.99. The highest BCUT2D eigenvalue weighted by Gasteiger charge is 2.06. The normalized spacial score (nSPS) is 17.8. The molecule has 0 saturated carbocycles. The van der Waals surface area contributed by atoms with E-state index in [-0.39, 0.29) is 0 Å². The van der Waals surface area contributed by atoms with E-state index >= 15 is 0 Å². The van der Waals surface area contributed by atoms with Crippen LogP contribution in [0.4, 0.5) is 0 Å². The number of aromatic nitrogens is 1. The van der Waals surface area contributed by atoms with Gasteiger partial charge in [-0.25, -0.2) is 4.98 Å².